The fourth-order valence-electron chi connectivity index (χ4n) is 6.31. The second-order valence-corrected chi connectivity index (χ2v) is 10.4. The van der Waals surface area contributed by atoms with Crippen LogP contribution in [0.3, 0.4) is 0 Å². The number of rotatable bonds is 6. The summed E-state index contributed by atoms with van der Waals surface area (Å²) in [7, 11) is 1.73. The number of hydrogen-bond acceptors (Lipinski definition) is 5. The van der Waals surface area contributed by atoms with E-state index in [1.165, 1.54) is 11.8 Å². The highest BCUT2D eigenvalue weighted by Crippen LogP contribution is 2.39. The molecular weight excluding hydrogens is 468 g/mol. The normalized spacial score (nSPS) is 22.6. The quantitative estimate of drug-likeness (QED) is 0.430. The first-order valence-electron chi connectivity index (χ1n) is 13.1. The molecule has 0 radical (unpaired) electrons. The molecule has 9 nitrogen and oxygen atoms in total. The summed E-state index contributed by atoms with van der Waals surface area (Å²) < 4.78 is 5.53. The van der Waals surface area contributed by atoms with Crippen molar-refractivity contribution in [3.8, 4) is 0 Å². The Morgan fingerprint density at radius 3 is 2.49 bits per heavy atom. The molecule has 6 rings (SSSR count). The van der Waals surface area contributed by atoms with E-state index in [1.54, 1.807) is 17.8 Å². The van der Waals surface area contributed by atoms with Gasteiger partial charge in [-0.1, -0.05) is 30.3 Å². The van der Waals surface area contributed by atoms with E-state index in [9.17, 15) is 14.7 Å². The third-order valence-electron chi connectivity index (χ3n) is 8.28. The standard InChI is InChI=1S/C28H32N6O3/c1-31-24(27(35)36)16-30-25(31)18-32-15-13-22(17-32)34-26-23(8-5-14-29-26)33(28(34)37)21-11-9-20(10-12-21)19-6-3-2-4-7-19/h2-8,14,16,20-22H,9-13,15,17-18H2,1H3,(H,35,36)/t20?,21?,22-/m0/s1. The van der Waals surface area contributed by atoms with Gasteiger partial charge in [0.25, 0.3) is 0 Å². The Kier molecular flexibility index (Phi) is 6.16. The van der Waals surface area contributed by atoms with Crippen molar-refractivity contribution in [1.29, 1.82) is 0 Å². The summed E-state index contributed by atoms with van der Waals surface area (Å²) in [6, 6.07) is 14.8. The van der Waals surface area contributed by atoms with Crippen LogP contribution in [-0.2, 0) is 13.6 Å². The van der Waals surface area contributed by atoms with Crippen molar-refractivity contribution in [2.24, 2.45) is 7.05 Å². The number of benzene rings is 1. The Morgan fingerprint density at radius 1 is 0.973 bits per heavy atom. The lowest BCUT2D eigenvalue weighted by Gasteiger charge is -2.29. The van der Waals surface area contributed by atoms with Crippen LogP contribution in [0, 0.1) is 0 Å². The highest BCUT2D eigenvalue weighted by molar-refractivity contribution is 5.85. The van der Waals surface area contributed by atoms with E-state index in [-0.39, 0.29) is 23.5 Å². The second kappa shape index (κ2) is 9.63. The first kappa shape index (κ1) is 23.7. The zero-order valence-electron chi connectivity index (χ0n) is 21.0. The largest absolute Gasteiger partial charge is 0.477 e. The van der Waals surface area contributed by atoms with Gasteiger partial charge in [0.05, 0.1) is 24.3 Å². The highest BCUT2D eigenvalue weighted by atomic mass is 16.4. The minimum atomic E-state index is -0.983. The Balaban J connectivity index is 1.23. The van der Waals surface area contributed by atoms with Crippen molar-refractivity contribution < 1.29 is 9.90 Å². The van der Waals surface area contributed by atoms with Gasteiger partial charge in [0.15, 0.2) is 5.65 Å². The van der Waals surface area contributed by atoms with Gasteiger partial charge in [-0.15, -0.1) is 0 Å². The summed E-state index contributed by atoms with van der Waals surface area (Å²) in [5.41, 5.74) is 3.29. The fraction of sp³-hybridized carbons (Fsp3) is 0.429. The average molecular weight is 501 g/mol. The lowest BCUT2D eigenvalue weighted by Crippen LogP contribution is -2.32. The number of carbonyl (C=O) groups is 1. The van der Waals surface area contributed by atoms with Gasteiger partial charge < -0.3 is 9.67 Å². The van der Waals surface area contributed by atoms with Crippen LogP contribution in [0.1, 0.15) is 72.0 Å². The molecule has 1 atom stereocenters. The highest BCUT2D eigenvalue weighted by Gasteiger charge is 2.32. The van der Waals surface area contributed by atoms with Crippen LogP contribution in [0.4, 0.5) is 0 Å². The number of pyridine rings is 1. The molecule has 4 heterocycles. The summed E-state index contributed by atoms with van der Waals surface area (Å²) >= 11 is 0. The molecule has 37 heavy (non-hydrogen) atoms. The Labute approximate surface area is 215 Å². The molecule has 192 valence electrons. The van der Waals surface area contributed by atoms with Gasteiger partial charge in [0.1, 0.15) is 11.5 Å². The van der Waals surface area contributed by atoms with E-state index >= 15 is 0 Å². The summed E-state index contributed by atoms with van der Waals surface area (Å²) in [6.45, 7) is 2.06. The topological polar surface area (TPSA) is 98.2 Å². The van der Waals surface area contributed by atoms with E-state index in [4.69, 9.17) is 0 Å². The molecule has 3 aromatic heterocycles. The van der Waals surface area contributed by atoms with Crippen molar-refractivity contribution in [1.82, 2.24) is 28.6 Å². The molecule has 0 bridgehead atoms. The third-order valence-corrected chi connectivity index (χ3v) is 8.28. The summed E-state index contributed by atoms with van der Waals surface area (Å²) in [5.74, 6) is 0.278. The number of carboxylic acids is 1. The molecule has 1 saturated carbocycles. The first-order chi connectivity index (χ1) is 18.0. The van der Waals surface area contributed by atoms with E-state index in [0.29, 0.717) is 24.8 Å². The average Bonchev–Trinajstić information content (AvgIpc) is 3.60. The number of imidazole rings is 2. The molecule has 9 heteroatoms. The van der Waals surface area contributed by atoms with Crippen molar-refractivity contribution in [3.63, 3.8) is 0 Å². The van der Waals surface area contributed by atoms with E-state index < -0.39 is 5.97 Å². The minimum absolute atomic E-state index is 0.0195. The maximum atomic E-state index is 13.9. The molecule has 1 aliphatic heterocycles. The number of hydrogen-bond donors (Lipinski definition) is 1. The van der Waals surface area contributed by atoms with Gasteiger partial charge in [-0.25, -0.2) is 19.6 Å². The van der Waals surface area contributed by atoms with Crippen molar-refractivity contribution in [3.05, 3.63) is 82.4 Å². The zero-order valence-corrected chi connectivity index (χ0v) is 21.0. The van der Waals surface area contributed by atoms with Crippen molar-refractivity contribution >= 4 is 17.1 Å². The molecule has 1 N–H and O–H groups in total. The molecule has 4 aromatic rings. The van der Waals surface area contributed by atoms with Crippen LogP contribution in [0.15, 0.2) is 59.7 Å². The van der Waals surface area contributed by atoms with Gasteiger partial charge >= 0.3 is 11.7 Å². The van der Waals surface area contributed by atoms with E-state index in [1.807, 2.05) is 21.3 Å². The molecule has 0 amide bonds. The van der Waals surface area contributed by atoms with Crippen LogP contribution >= 0.6 is 0 Å². The van der Waals surface area contributed by atoms with Crippen LogP contribution in [0.25, 0.3) is 11.2 Å². The lowest BCUT2D eigenvalue weighted by molar-refractivity contribution is 0.0686. The number of fused-ring (bicyclic) bond motifs is 1. The molecule has 0 unspecified atom stereocenters. The SMILES string of the molecule is Cn1c(C(=O)O)cnc1CN1CC[C@H](n2c(=O)n(C3CCC(c4ccccc4)CC3)c3cccnc32)C1. The molecule has 2 fully saturated rings. The molecule has 0 spiro atoms. The summed E-state index contributed by atoms with van der Waals surface area (Å²) in [5, 5.41) is 9.32. The number of nitrogens with zero attached hydrogens (tertiary/aromatic N) is 6. The van der Waals surface area contributed by atoms with Gasteiger partial charge in [-0.05, 0) is 55.7 Å². The molecular formula is C28H32N6O3. The Hall–Kier alpha value is -3.72. The number of carboxylic acid groups (broad SMARTS) is 1. The number of aromatic carboxylic acids is 1. The zero-order chi connectivity index (χ0) is 25.5. The minimum Gasteiger partial charge on any atom is -0.477 e. The van der Waals surface area contributed by atoms with E-state index in [2.05, 4.69) is 45.2 Å². The first-order valence-corrected chi connectivity index (χ1v) is 13.1. The molecule has 1 aromatic carbocycles. The van der Waals surface area contributed by atoms with Crippen molar-refractivity contribution in [2.45, 2.75) is 56.7 Å². The Morgan fingerprint density at radius 2 is 1.76 bits per heavy atom. The van der Waals surface area contributed by atoms with Crippen LogP contribution in [0.5, 0.6) is 0 Å². The van der Waals surface area contributed by atoms with Crippen LogP contribution in [0.2, 0.25) is 0 Å². The third kappa shape index (κ3) is 4.27. The molecule has 2 aliphatic rings. The monoisotopic (exact) mass is 500 g/mol. The predicted octanol–water partition coefficient (Wildman–Crippen LogP) is 3.98. The molecule has 1 saturated heterocycles. The summed E-state index contributed by atoms with van der Waals surface area (Å²) in [4.78, 5) is 36.5. The maximum Gasteiger partial charge on any atom is 0.354 e. The van der Waals surface area contributed by atoms with Crippen LogP contribution in [-0.4, -0.2) is 52.7 Å². The van der Waals surface area contributed by atoms with Gasteiger partial charge in [0.2, 0.25) is 0 Å². The van der Waals surface area contributed by atoms with Gasteiger partial charge in [-0.3, -0.25) is 14.0 Å². The smallest absolute Gasteiger partial charge is 0.354 e. The van der Waals surface area contributed by atoms with Crippen LogP contribution < -0.4 is 5.69 Å². The maximum absolute atomic E-state index is 13.9. The van der Waals surface area contributed by atoms with Gasteiger partial charge in [-0.2, -0.15) is 0 Å². The predicted molar refractivity (Wildman–Crippen MR) is 140 cm³/mol. The molecule has 1 aliphatic carbocycles. The lowest BCUT2D eigenvalue weighted by atomic mass is 9.81. The number of aromatic nitrogens is 5. The van der Waals surface area contributed by atoms with Gasteiger partial charge in [0, 0.05) is 32.4 Å². The second-order valence-electron chi connectivity index (χ2n) is 10.4. The van der Waals surface area contributed by atoms with E-state index in [0.717, 1.165) is 49.8 Å². The van der Waals surface area contributed by atoms with Crippen molar-refractivity contribution in [2.75, 3.05) is 13.1 Å². The summed E-state index contributed by atoms with van der Waals surface area (Å²) in [6.07, 6.45) is 8.13. The fourth-order valence-corrected chi connectivity index (χ4v) is 6.31. The number of likely N-dealkylation sites (tertiary alicyclic amines) is 1. The Bertz CT molecular complexity index is 1480.